The highest BCUT2D eigenvalue weighted by Crippen LogP contribution is 2.31. The van der Waals surface area contributed by atoms with Crippen LogP contribution in [0, 0.1) is 0 Å². The summed E-state index contributed by atoms with van der Waals surface area (Å²) in [6, 6.07) is 5.60. The molecule has 0 spiro atoms. The number of nitrogens with two attached hydrogens (primary N) is 1. The number of nitrogens with one attached hydrogen (secondary N) is 1. The molecule has 0 bridgehead atoms. The van der Waals surface area contributed by atoms with Gasteiger partial charge in [-0.05, 0) is 52.2 Å². The van der Waals surface area contributed by atoms with Crippen molar-refractivity contribution in [3.8, 4) is 5.75 Å². The van der Waals surface area contributed by atoms with Gasteiger partial charge in [-0.2, -0.15) is 0 Å². The molecule has 1 unspecified atom stereocenters. The molecule has 1 heterocycles. The summed E-state index contributed by atoms with van der Waals surface area (Å²) in [4.78, 5) is 6.73. The molecule has 1 aromatic carbocycles. The van der Waals surface area contributed by atoms with Gasteiger partial charge in [0.25, 0.3) is 0 Å². The third-order valence-corrected chi connectivity index (χ3v) is 3.00. The molecular formula is C14H22N4O. The van der Waals surface area contributed by atoms with Crippen LogP contribution in [0.5, 0.6) is 5.75 Å². The average molecular weight is 262 g/mol. The van der Waals surface area contributed by atoms with Crippen molar-refractivity contribution in [1.29, 1.82) is 0 Å². The standard InChI is InChI=1S/C14H22N4O/c1-10-14(16-7-4-8-18(2)3)17-12-9-11(15)5-6-13(12)19-10/h5-6,9-10H,4,7-8,15H2,1-3H3,(H,16,17). The number of rotatable bonds is 4. The van der Waals surface area contributed by atoms with Crippen LogP contribution >= 0.6 is 0 Å². The Morgan fingerprint density at radius 1 is 1.42 bits per heavy atom. The van der Waals surface area contributed by atoms with Crippen LogP contribution < -0.4 is 15.8 Å². The summed E-state index contributed by atoms with van der Waals surface area (Å²) in [5, 5.41) is 3.31. The van der Waals surface area contributed by atoms with Crippen LogP contribution in [-0.2, 0) is 0 Å². The minimum atomic E-state index is -0.0459. The zero-order chi connectivity index (χ0) is 13.8. The molecular weight excluding hydrogens is 240 g/mol. The van der Waals surface area contributed by atoms with Crippen molar-refractivity contribution < 1.29 is 4.74 Å². The lowest BCUT2D eigenvalue weighted by Gasteiger charge is -2.26. The number of hydrogen-bond donors (Lipinski definition) is 2. The van der Waals surface area contributed by atoms with Crippen LogP contribution in [0.1, 0.15) is 13.3 Å². The van der Waals surface area contributed by atoms with Gasteiger partial charge in [0.05, 0.1) is 5.69 Å². The van der Waals surface area contributed by atoms with Crippen molar-refractivity contribution in [3.63, 3.8) is 0 Å². The molecule has 19 heavy (non-hydrogen) atoms. The molecule has 0 saturated carbocycles. The maximum Gasteiger partial charge on any atom is 0.153 e. The Hall–Kier alpha value is -1.75. The molecule has 0 radical (unpaired) electrons. The van der Waals surface area contributed by atoms with E-state index in [-0.39, 0.29) is 6.10 Å². The van der Waals surface area contributed by atoms with Gasteiger partial charge in [-0.3, -0.25) is 4.99 Å². The van der Waals surface area contributed by atoms with E-state index in [0.717, 1.165) is 42.5 Å². The molecule has 0 amide bonds. The number of benzene rings is 1. The molecule has 1 aromatic rings. The SMILES string of the molecule is CC1Oc2ccc(N)cc2NC1=NCCCN(C)C. The van der Waals surface area contributed by atoms with Crippen molar-refractivity contribution in [2.45, 2.75) is 19.4 Å². The Kier molecular flexibility index (Phi) is 4.27. The van der Waals surface area contributed by atoms with Gasteiger partial charge in [0, 0.05) is 12.2 Å². The topological polar surface area (TPSA) is 62.9 Å². The molecule has 0 aliphatic carbocycles. The van der Waals surface area contributed by atoms with Crippen LogP contribution in [0.3, 0.4) is 0 Å². The molecule has 2 rings (SSSR count). The second kappa shape index (κ2) is 5.93. The first-order valence-electron chi connectivity index (χ1n) is 6.58. The fourth-order valence-electron chi connectivity index (χ4n) is 1.99. The normalized spacial score (nSPS) is 20.0. The van der Waals surface area contributed by atoms with E-state index in [4.69, 9.17) is 10.5 Å². The van der Waals surface area contributed by atoms with E-state index >= 15 is 0 Å². The summed E-state index contributed by atoms with van der Waals surface area (Å²) in [5.74, 6) is 1.70. The van der Waals surface area contributed by atoms with Crippen LogP contribution in [0.25, 0.3) is 0 Å². The molecule has 0 fully saturated rings. The minimum absolute atomic E-state index is 0.0459. The lowest BCUT2D eigenvalue weighted by molar-refractivity contribution is 0.282. The van der Waals surface area contributed by atoms with Gasteiger partial charge in [0.1, 0.15) is 11.6 Å². The number of nitrogens with zero attached hydrogens (tertiary/aromatic N) is 2. The Balaban J connectivity index is 2.01. The largest absolute Gasteiger partial charge is 0.481 e. The van der Waals surface area contributed by atoms with Crippen molar-refractivity contribution in [1.82, 2.24) is 4.90 Å². The first-order valence-corrected chi connectivity index (χ1v) is 6.58. The first kappa shape index (κ1) is 13.7. The van der Waals surface area contributed by atoms with E-state index in [2.05, 4.69) is 29.3 Å². The summed E-state index contributed by atoms with van der Waals surface area (Å²) >= 11 is 0. The second-order valence-electron chi connectivity index (χ2n) is 5.06. The van der Waals surface area contributed by atoms with Crippen LogP contribution in [0.15, 0.2) is 23.2 Å². The number of nitrogen functional groups attached to an aromatic ring is 1. The van der Waals surface area contributed by atoms with Gasteiger partial charge < -0.3 is 20.7 Å². The first-order chi connectivity index (χ1) is 9.06. The van der Waals surface area contributed by atoms with E-state index in [1.807, 2.05) is 25.1 Å². The molecule has 1 aliphatic heterocycles. The maximum atomic E-state index is 5.82. The third-order valence-electron chi connectivity index (χ3n) is 3.00. The van der Waals surface area contributed by atoms with Crippen molar-refractivity contribution >= 4 is 17.2 Å². The summed E-state index contributed by atoms with van der Waals surface area (Å²) in [6.45, 7) is 3.83. The van der Waals surface area contributed by atoms with Crippen LogP contribution in [0.2, 0.25) is 0 Å². The number of hydrogen-bond acceptors (Lipinski definition) is 4. The number of fused-ring (bicyclic) bond motifs is 1. The lowest BCUT2D eigenvalue weighted by Crippen LogP contribution is -2.35. The molecule has 0 saturated heterocycles. The van der Waals surface area contributed by atoms with E-state index < -0.39 is 0 Å². The Morgan fingerprint density at radius 3 is 2.95 bits per heavy atom. The minimum Gasteiger partial charge on any atom is -0.481 e. The molecule has 3 N–H and O–H groups in total. The number of amidine groups is 1. The highest BCUT2D eigenvalue weighted by atomic mass is 16.5. The lowest BCUT2D eigenvalue weighted by atomic mass is 10.2. The molecule has 104 valence electrons. The van der Waals surface area contributed by atoms with E-state index in [0.29, 0.717) is 0 Å². The second-order valence-corrected chi connectivity index (χ2v) is 5.06. The maximum absolute atomic E-state index is 5.82. The van der Waals surface area contributed by atoms with E-state index in [9.17, 15) is 0 Å². The Bertz CT molecular complexity index is 471. The predicted octanol–water partition coefficient (Wildman–Crippen LogP) is 1.81. The zero-order valence-corrected chi connectivity index (χ0v) is 11.8. The monoisotopic (exact) mass is 262 g/mol. The van der Waals surface area contributed by atoms with Gasteiger partial charge >= 0.3 is 0 Å². The van der Waals surface area contributed by atoms with Crippen LogP contribution in [0.4, 0.5) is 11.4 Å². The van der Waals surface area contributed by atoms with Crippen molar-refractivity contribution in [3.05, 3.63) is 18.2 Å². The van der Waals surface area contributed by atoms with E-state index in [1.54, 1.807) is 0 Å². The third kappa shape index (κ3) is 3.61. The number of aliphatic imine (C=N–C) groups is 1. The highest BCUT2D eigenvalue weighted by Gasteiger charge is 2.21. The smallest absolute Gasteiger partial charge is 0.153 e. The average Bonchev–Trinajstić information content (AvgIpc) is 2.35. The molecule has 5 heteroatoms. The Morgan fingerprint density at radius 2 is 2.21 bits per heavy atom. The molecule has 1 atom stereocenters. The fourth-order valence-corrected chi connectivity index (χ4v) is 1.99. The Labute approximate surface area is 114 Å². The van der Waals surface area contributed by atoms with Crippen molar-refractivity contribution in [2.24, 2.45) is 4.99 Å². The van der Waals surface area contributed by atoms with Crippen LogP contribution in [-0.4, -0.2) is 44.0 Å². The molecule has 0 aromatic heterocycles. The van der Waals surface area contributed by atoms with Gasteiger partial charge in [0.15, 0.2) is 6.10 Å². The van der Waals surface area contributed by atoms with Crippen molar-refractivity contribution in [2.75, 3.05) is 38.2 Å². The van der Waals surface area contributed by atoms with Gasteiger partial charge in [0.2, 0.25) is 0 Å². The number of anilines is 2. The molecule has 5 nitrogen and oxygen atoms in total. The quantitative estimate of drug-likeness (QED) is 0.641. The summed E-state index contributed by atoms with van der Waals surface area (Å²) in [6.07, 6.45) is 0.991. The fraction of sp³-hybridized carbons (Fsp3) is 0.500. The summed E-state index contributed by atoms with van der Waals surface area (Å²) < 4.78 is 5.82. The summed E-state index contributed by atoms with van der Waals surface area (Å²) in [5.41, 5.74) is 7.39. The van der Waals surface area contributed by atoms with Gasteiger partial charge in [-0.15, -0.1) is 0 Å². The highest BCUT2D eigenvalue weighted by molar-refractivity contribution is 6.02. The van der Waals surface area contributed by atoms with E-state index in [1.165, 1.54) is 0 Å². The summed E-state index contributed by atoms with van der Waals surface area (Å²) in [7, 11) is 4.13. The molecule has 1 aliphatic rings. The van der Waals surface area contributed by atoms with Gasteiger partial charge in [-0.25, -0.2) is 0 Å². The van der Waals surface area contributed by atoms with Gasteiger partial charge in [-0.1, -0.05) is 0 Å². The number of ether oxygens (including phenoxy) is 1. The predicted molar refractivity (Wildman–Crippen MR) is 80.0 cm³/mol. The zero-order valence-electron chi connectivity index (χ0n) is 11.8.